The van der Waals surface area contributed by atoms with Gasteiger partial charge in [-0.25, -0.2) is 0 Å². The minimum absolute atomic E-state index is 0.00914. The monoisotopic (exact) mass is 558 g/mol. The number of phenolic OH excluding ortho intramolecular Hbond substituents is 1. The first-order valence-corrected chi connectivity index (χ1v) is 13.4. The van der Waals surface area contributed by atoms with Gasteiger partial charge in [0.25, 0.3) is 0 Å². The predicted molar refractivity (Wildman–Crippen MR) is 145 cm³/mol. The lowest BCUT2D eigenvalue weighted by atomic mass is 9.51. The van der Waals surface area contributed by atoms with Crippen LogP contribution in [0.2, 0.25) is 0 Å². The Kier molecular flexibility index (Phi) is 8.26. The van der Waals surface area contributed by atoms with E-state index in [9.17, 15) is 34.8 Å². The number of ether oxygens (including phenoxy) is 1. The second kappa shape index (κ2) is 11.1. The van der Waals surface area contributed by atoms with Gasteiger partial charge in [0.2, 0.25) is 5.78 Å². The first-order valence-electron chi connectivity index (χ1n) is 13.4. The van der Waals surface area contributed by atoms with E-state index in [-0.39, 0.29) is 49.5 Å². The highest BCUT2D eigenvalue weighted by atomic mass is 16.5. The maximum absolute atomic E-state index is 14.4. The van der Waals surface area contributed by atoms with Crippen molar-refractivity contribution in [3.8, 4) is 5.75 Å². The van der Waals surface area contributed by atoms with Gasteiger partial charge in [-0.1, -0.05) is 6.07 Å². The number of aromatic hydroxyl groups is 1. The van der Waals surface area contributed by atoms with Crippen molar-refractivity contribution < 1.29 is 44.7 Å². The molecule has 11 nitrogen and oxygen atoms in total. The lowest BCUT2D eigenvalue weighted by Crippen LogP contribution is -2.67. The van der Waals surface area contributed by atoms with Gasteiger partial charge in [-0.2, -0.15) is 0 Å². The number of carbonyl (C=O) groups is 3. The number of nitrogens with zero attached hydrogens (tertiary/aromatic N) is 1. The Morgan fingerprint density at radius 1 is 1.18 bits per heavy atom. The van der Waals surface area contributed by atoms with Crippen LogP contribution in [0.5, 0.6) is 5.75 Å². The second-order valence-corrected chi connectivity index (χ2v) is 11.3. The molecule has 3 aliphatic rings. The summed E-state index contributed by atoms with van der Waals surface area (Å²) in [6.45, 7) is 1.66. The van der Waals surface area contributed by atoms with Crippen molar-refractivity contribution in [3.63, 3.8) is 0 Å². The first kappa shape index (κ1) is 29.9. The lowest BCUT2D eigenvalue weighted by molar-refractivity contribution is -0.159. The van der Waals surface area contributed by atoms with E-state index >= 15 is 0 Å². The minimum atomic E-state index is -2.66. The quantitative estimate of drug-likeness (QED) is 0.178. The van der Waals surface area contributed by atoms with Crippen LogP contribution in [0.3, 0.4) is 0 Å². The van der Waals surface area contributed by atoms with Crippen LogP contribution in [0.15, 0.2) is 29.0 Å². The van der Waals surface area contributed by atoms with Gasteiger partial charge in [0.15, 0.2) is 17.2 Å². The maximum atomic E-state index is 14.4. The number of phenols is 1. The summed E-state index contributed by atoms with van der Waals surface area (Å²) < 4.78 is 6.00. The molecule has 0 saturated heterocycles. The van der Waals surface area contributed by atoms with Crippen molar-refractivity contribution in [2.45, 2.75) is 50.8 Å². The normalized spacial score (nSPS) is 28.1. The van der Waals surface area contributed by atoms with Gasteiger partial charge >= 0.3 is 0 Å². The number of ketones is 3. The van der Waals surface area contributed by atoms with Crippen molar-refractivity contribution in [3.05, 3.63) is 45.7 Å². The number of hydrogen-bond acceptors (Lipinski definition) is 11. The molecule has 218 valence electrons. The van der Waals surface area contributed by atoms with Crippen LogP contribution in [-0.2, 0) is 32.1 Å². The molecule has 0 heterocycles. The number of benzene rings is 1. The zero-order valence-electron chi connectivity index (χ0n) is 23.3. The molecule has 1 fully saturated rings. The molecular formula is C29H38N2O9. The number of Topliss-reactive ketones (excluding diaryl/α,β-unsaturated/α-hetero) is 3. The van der Waals surface area contributed by atoms with E-state index in [2.05, 4.69) is 5.32 Å². The van der Waals surface area contributed by atoms with Crippen molar-refractivity contribution in [2.75, 3.05) is 41.0 Å². The number of aliphatic hydroxyl groups excluding tert-OH is 3. The average Bonchev–Trinajstić information content (AvgIpc) is 2.87. The standard InChI is InChI=1S/C29H38N2O9/c1-15(33)20-25(36)23(31(3)4)18-12-28(14-40-10-6-5-9-32)11-17-16(13-30-2)7-8-19(34)21(17)24(35)22(28)27(38)29(18,39)26(20)37/h7-8,18,23,30,32,34-35,37,39H,5-6,9-14H2,1-4H3/t18-,23-,28-,29+/m0/s1. The van der Waals surface area contributed by atoms with Gasteiger partial charge in [-0.05, 0) is 70.9 Å². The molecule has 0 spiro atoms. The molecule has 40 heavy (non-hydrogen) atoms. The summed E-state index contributed by atoms with van der Waals surface area (Å²) in [5.41, 5.74) is -3.33. The average molecular weight is 559 g/mol. The molecule has 1 aromatic carbocycles. The SMILES string of the molecule is CNCc1ccc(O)c2c1C[C@@]1(COCCCCO)C[C@H]3[C@H](N(C)C)C(=O)C(C(C)=O)=C(O)[C@@]3(O)C(=O)C1=C2O. The number of rotatable bonds is 10. The van der Waals surface area contributed by atoms with Crippen LogP contribution in [0.1, 0.15) is 42.9 Å². The van der Waals surface area contributed by atoms with Crippen LogP contribution in [0.25, 0.3) is 5.76 Å². The fraction of sp³-hybridized carbons (Fsp3) is 0.552. The smallest absolute Gasteiger partial charge is 0.202 e. The van der Waals surface area contributed by atoms with E-state index < -0.39 is 57.4 Å². The molecule has 4 atom stereocenters. The van der Waals surface area contributed by atoms with E-state index in [0.717, 1.165) is 12.5 Å². The highest BCUT2D eigenvalue weighted by molar-refractivity contribution is 6.25. The summed E-state index contributed by atoms with van der Waals surface area (Å²) in [7, 11) is 4.94. The van der Waals surface area contributed by atoms with E-state index in [1.54, 1.807) is 27.2 Å². The second-order valence-electron chi connectivity index (χ2n) is 11.3. The van der Waals surface area contributed by atoms with E-state index in [0.29, 0.717) is 24.9 Å². The number of hydrogen-bond donors (Lipinski definition) is 6. The first-order chi connectivity index (χ1) is 18.9. The molecule has 0 unspecified atom stereocenters. The number of carbonyl (C=O) groups excluding carboxylic acids is 3. The molecule has 3 aliphatic carbocycles. The van der Waals surface area contributed by atoms with Gasteiger partial charge in [0.1, 0.15) is 22.8 Å². The Bertz CT molecular complexity index is 1300. The largest absolute Gasteiger partial charge is 0.508 e. The third kappa shape index (κ3) is 4.46. The fourth-order valence-corrected chi connectivity index (χ4v) is 6.72. The summed E-state index contributed by atoms with van der Waals surface area (Å²) in [6.07, 6.45) is 1.15. The van der Waals surface area contributed by atoms with Crippen molar-refractivity contribution >= 4 is 23.1 Å². The van der Waals surface area contributed by atoms with Crippen LogP contribution in [0, 0.1) is 11.3 Å². The van der Waals surface area contributed by atoms with E-state index in [4.69, 9.17) is 9.84 Å². The van der Waals surface area contributed by atoms with Gasteiger partial charge < -0.3 is 35.6 Å². The molecule has 1 saturated carbocycles. The van der Waals surface area contributed by atoms with Gasteiger partial charge in [-0.15, -0.1) is 0 Å². The molecule has 6 N–H and O–H groups in total. The minimum Gasteiger partial charge on any atom is -0.508 e. The Morgan fingerprint density at radius 3 is 2.48 bits per heavy atom. The predicted octanol–water partition coefficient (Wildman–Crippen LogP) is 0.946. The molecule has 11 heteroatoms. The van der Waals surface area contributed by atoms with Crippen molar-refractivity contribution in [2.24, 2.45) is 11.3 Å². The highest BCUT2D eigenvalue weighted by Crippen LogP contribution is 2.58. The van der Waals surface area contributed by atoms with Gasteiger partial charge in [-0.3, -0.25) is 19.3 Å². The number of likely N-dealkylation sites (N-methyl/N-ethyl adjacent to an activating group) is 1. The van der Waals surface area contributed by atoms with E-state index in [1.165, 1.54) is 11.0 Å². The van der Waals surface area contributed by atoms with Crippen molar-refractivity contribution in [1.29, 1.82) is 0 Å². The third-order valence-corrected chi connectivity index (χ3v) is 8.47. The number of unbranched alkanes of at least 4 members (excludes halogenated alkanes) is 1. The van der Waals surface area contributed by atoms with Crippen molar-refractivity contribution in [1.82, 2.24) is 10.2 Å². The lowest BCUT2D eigenvalue weighted by Gasteiger charge is -2.54. The Balaban J connectivity index is 1.99. The number of aliphatic hydroxyl groups is 4. The Morgan fingerprint density at radius 2 is 1.88 bits per heavy atom. The summed E-state index contributed by atoms with van der Waals surface area (Å²) >= 11 is 0. The molecule has 1 aromatic rings. The molecule has 0 radical (unpaired) electrons. The number of fused-ring (bicyclic) bond motifs is 3. The Hall–Kier alpha value is -3.09. The zero-order chi connectivity index (χ0) is 29.6. The summed E-state index contributed by atoms with van der Waals surface area (Å²) in [5, 5.41) is 57.8. The fourth-order valence-electron chi connectivity index (χ4n) is 6.72. The molecule has 0 aromatic heterocycles. The molecule has 4 rings (SSSR count). The molecule has 0 aliphatic heterocycles. The Labute approximate surface area is 232 Å². The highest BCUT2D eigenvalue weighted by Gasteiger charge is 2.67. The molecular weight excluding hydrogens is 520 g/mol. The summed E-state index contributed by atoms with van der Waals surface area (Å²) in [5.74, 6) is -5.52. The number of nitrogens with one attached hydrogen (secondary N) is 1. The van der Waals surface area contributed by atoms with Gasteiger partial charge in [0, 0.05) is 31.1 Å². The van der Waals surface area contributed by atoms with Crippen LogP contribution in [-0.4, -0.2) is 100 Å². The summed E-state index contributed by atoms with van der Waals surface area (Å²) in [4.78, 5) is 41.8. The summed E-state index contributed by atoms with van der Waals surface area (Å²) in [6, 6.07) is 2.01. The van der Waals surface area contributed by atoms with Crippen LogP contribution < -0.4 is 5.32 Å². The maximum Gasteiger partial charge on any atom is 0.202 e. The zero-order valence-corrected chi connectivity index (χ0v) is 23.3. The van der Waals surface area contributed by atoms with E-state index in [1.807, 2.05) is 0 Å². The molecule has 0 amide bonds. The third-order valence-electron chi connectivity index (χ3n) is 8.47. The van der Waals surface area contributed by atoms with Gasteiger partial charge in [0.05, 0.1) is 23.8 Å². The van der Waals surface area contributed by atoms with Crippen LogP contribution in [0.4, 0.5) is 0 Å². The molecule has 0 bridgehead atoms. The topological polar surface area (TPSA) is 177 Å². The van der Waals surface area contributed by atoms with Crippen LogP contribution >= 0.6 is 0 Å².